The molecular weight excluding hydrogens is 378 g/mol. The van der Waals surface area contributed by atoms with Crippen molar-refractivity contribution in [2.45, 2.75) is 39.7 Å². The van der Waals surface area contributed by atoms with E-state index in [-0.39, 0.29) is 17.9 Å². The molecule has 1 aliphatic rings. The fourth-order valence-corrected chi connectivity index (χ4v) is 3.76. The molecule has 1 saturated heterocycles. The van der Waals surface area contributed by atoms with Crippen LogP contribution in [0.15, 0.2) is 34.9 Å². The Kier molecular flexibility index (Phi) is 5.62. The molecule has 1 atom stereocenters. The van der Waals surface area contributed by atoms with Gasteiger partial charge in [0.15, 0.2) is 0 Å². The maximum atomic E-state index is 12.5. The van der Waals surface area contributed by atoms with Gasteiger partial charge in [-0.3, -0.25) is 9.78 Å². The quantitative estimate of drug-likeness (QED) is 0.823. The van der Waals surface area contributed by atoms with Gasteiger partial charge in [0.1, 0.15) is 0 Å². The van der Waals surface area contributed by atoms with Crippen molar-refractivity contribution in [2.24, 2.45) is 11.8 Å². The number of pyridine rings is 1. The number of nitrogens with zero attached hydrogens (tertiary/aromatic N) is 2. The number of para-hydroxylation sites is 1. The lowest BCUT2D eigenvalue weighted by Crippen LogP contribution is -2.44. The molecule has 0 bridgehead atoms. The molecule has 1 fully saturated rings. The van der Waals surface area contributed by atoms with Crippen LogP contribution >= 0.6 is 15.9 Å². The second-order valence-corrected chi connectivity index (χ2v) is 8.12. The van der Waals surface area contributed by atoms with Crippen LogP contribution in [0.3, 0.4) is 0 Å². The van der Waals surface area contributed by atoms with Gasteiger partial charge in [-0.05, 0) is 53.7 Å². The zero-order chi connectivity index (χ0) is 18.0. The first-order valence-corrected chi connectivity index (χ1v) is 9.85. The molecule has 1 unspecified atom stereocenters. The minimum absolute atomic E-state index is 0.122. The Morgan fingerprint density at radius 3 is 2.64 bits per heavy atom. The molecule has 2 heterocycles. The average molecular weight is 404 g/mol. The summed E-state index contributed by atoms with van der Waals surface area (Å²) < 4.78 is 1.02. The van der Waals surface area contributed by atoms with E-state index in [4.69, 9.17) is 0 Å². The van der Waals surface area contributed by atoms with Crippen LogP contribution in [0.25, 0.3) is 10.9 Å². The smallest absolute Gasteiger partial charge is 0.223 e. The van der Waals surface area contributed by atoms with Gasteiger partial charge in [0.2, 0.25) is 5.91 Å². The van der Waals surface area contributed by atoms with E-state index >= 15 is 0 Å². The minimum Gasteiger partial charge on any atom is -0.371 e. The zero-order valence-electron chi connectivity index (χ0n) is 15.1. The highest BCUT2D eigenvalue weighted by Gasteiger charge is 2.27. The summed E-state index contributed by atoms with van der Waals surface area (Å²) in [5.74, 6) is 0.797. The minimum atomic E-state index is 0.122. The highest BCUT2D eigenvalue weighted by atomic mass is 79.9. The molecule has 25 heavy (non-hydrogen) atoms. The topological polar surface area (TPSA) is 45.2 Å². The Hall–Kier alpha value is -1.62. The number of nitrogens with one attached hydrogen (secondary N) is 1. The number of piperidine rings is 1. The van der Waals surface area contributed by atoms with Gasteiger partial charge >= 0.3 is 0 Å². The maximum absolute atomic E-state index is 12.5. The first-order valence-electron chi connectivity index (χ1n) is 9.06. The van der Waals surface area contributed by atoms with Gasteiger partial charge in [0.05, 0.1) is 5.52 Å². The molecule has 0 saturated carbocycles. The van der Waals surface area contributed by atoms with E-state index in [1.54, 1.807) is 0 Å². The van der Waals surface area contributed by atoms with Gasteiger partial charge in [-0.15, -0.1) is 0 Å². The Morgan fingerprint density at radius 2 is 1.96 bits per heavy atom. The van der Waals surface area contributed by atoms with Crippen LogP contribution in [-0.4, -0.2) is 30.0 Å². The molecule has 1 aliphatic heterocycles. The largest absolute Gasteiger partial charge is 0.371 e. The number of anilines is 1. The molecule has 0 spiro atoms. The van der Waals surface area contributed by atoms with E-state index in [1.165, 1.54) is 5.69 Å². The van der Waals surface area contributed by atoms with Crippen molar-refractivity contribution in [2.75, 3.05) is 18.0 Å². The summed E-state index contributed by atoms with van der Waals surface area (Å²) in [5.41, 5.74) is 2.20. The van der Waals surface area contributed by atoms with Crippen molar-refractivity contribution in [3.63, 3.8) is 0 Å². The number of benzene rings is 1. The fraction of sp³-hybridized carbons (Fsp3) is 0.500. The maximum Gasteiger partial charge on any atom is 0.223 e. The number of fused-ring (bicyclic) bond motifs is 1. The van der Waals surface area contributed by atoms with E-state index in [9.17, 15) is 4.79 Å². The number of amides is 1. The number of carbonyl (C=O) groups excluding carboxylic acids is 1. The summed E-state index contributed by atoms with van der Waals surface area (Å²) in [6, 6.07) is 8.49. The fourth-order valence-electron chi connectivity index (χ4n) is 3.29. The Balaban J connectivity index is 1.69. The summed E-state index contributed by atoms with van der Waals surface area (Å²) in [5, 5.41) is 4.33. The van der Waals surface area contributed by atoms with Gasteiger partial charge in [-0.25, -0.2) is 0 Å². The average Bonchev–Trinajstić information content (AvgIpc) is 2.61. The number of carbonyl (C=O) groups is 1. The van der Waals surface area contributed by atoms with Crippen LogP contribution in [0.5, 0.6) is 0 Å². The van der Waals surface area contributed by atoms with E-state index in [1.807, 2.05) is 18.3 Å². The van der Waals surface area contributed by atoms with Crippen LogP contribution < -0.4 is 10.2 Å². The molecule has 5 heteroatoms. The monoisotopic (exact) mass is 403 g/mol. The van der Waals surface area contributed by atoms with Crippen LogP contribution in [0.2, 0.25) is 0 Å². The zero-order valence-corrected chi connectivity index (χ0v) is 16.7. The predicted octanol–water partition coefficient (Wildman–Crippen LogP) is 4.37. The third-order valence-electron chi connectivity index (χ3n) is 5.28. The van der Waals surface area contributed by atoms with Crippen LogP contribution in [0.1, 0.15) is 33.6 Å². The van der Waals surface area contributed by atoms with E-state index < -0.39 is 0 Å². The Labute approximate surface area is 158 Å². The summed E-state index contributed by atoms with van der Waals surface area (Å²) in [7, 11) is 0. The van der Waals surface area contributed by atoms with E-state index in [2.05, 4.69) is 64.0 Å². The molecule has 1 aromatic carbocycles. The molecule has 3 rings (SSSR count). The number of hydrogen-bond donors (Lipinski definition) is 1. The number of halogens is 1. The summed E-state index contributed by atoms with van der Waals surface area (Å²) in [6.07, 6.45) is 3.66. The van der Waals surface area contributed by atoms with Gasteiger partial charge < -0.3 is 10.2 Å². The van der Waals surface area contributed by atoms with Crippen molar-refractivity contribution in [3.8, 4) is 0 Å². The highest BCUT2D eigenvalue weighted by Crippen LogP contribution is 2.32. The second kappa shape index (κ2) is 7.73. The number of hydrogen-bond acceptors (Lipinski definition) is 3. The number of rotatable bonds is 4. The van der Waals surface area contributed by atoms with E-state index in [0.29, 0.717) is 5.92 Å². The summed E-state index contributed by atoms with van der Waals surface area (Å²) in [4.78, 5) is 19.3. The van der Waals surface area contributed by atoms with Crippen LogP contribution in [0.4, 0.5) is 5.69 Å². The molecule has 0 aliphatic carbocycles. The standard InChI is InChI=1S/C20H26BrN3O/c1-13(2)14(3)23-20(25)15-8-11-24(12-9-15)18-7-10-22-19-16(18)5-4-6-17(19)21/h4-7,10,13-15H,8-9,11-12H2,1-3H3,(H,23,25). The van der Waals surface area contributed by atoms with Gasteiger partial charge in [-0.2, -0.15) is 0 Å². The first-order chi connectivity index (χ1) is 12.0. The molecule has 134 valence electrons. The van der Waals surface area contributed by atoms with Gasteiger partial charge in [0, 0.05) is 46.8 Å². The van der Waals surface area contributed by atoms with Crippen molar-refractivity contribution in [3.05, 3.63) is 34.9 Å². The van der Waals surface area contributed by atoms with E-state index in [0.717, 1.165) is 41.3 Å². The molecule has 1 amide bonds. The number of aromatic nitrogens is 1. The lowest BCUT2D eigenvalue weighted by molar-refractivity contribution is -0.126. The molecule has 0 radical (unpaired) electrons. The van der Waals surface area contributed by atoms with Crippen molar-refractivity contribution >= 4 is 38.4 Å². The third-order valence-corrected chi connectivity index (χ3v) is 5.92. The summed E-state index contributed by atoms with van der Waals surface area (Å²) >= 11 is 3.58. The van der Waals surface area contributed by atoms with Gasteiger partial charge in [0.25, 0.3) is 0 Å². The first kappa shape index (κ1) is 18.2. The van der Waals surface area contributed by atoms with Crippen molar-refractivity contribution in [1.29, 1.82) is 0 Å². The Morgan fingerprint density at radius 1 is 1.24 bits per heavy atom. The normalized spacial score (nSPS) is 17.1. The lowest BCUT2D eigenvalue weighted by Gasteiger charge is -2.34. The second-order valence-electron chi connectivity index (χ2n) is 7.27. The molecule has 1 N–H and O–H groups in total. The van der Waals surface area contributed by atoms with Crippen LogP contribution in [0, 0.1) is 11.8 Å². The lowest BCUT2D eigenvalue weighted by atomic mass is 9.94. The van der Waals surface area contributed by atoms with Gasteiger partial charge in [-0.1, -0.05) is 26.0 Å². The highest BCUT2D eigenvalue weighted by molar-refractivity contribution is 9.10. The molecular formula is C20H26BrN3O. The molecule has 4 nitrogen and oxygen atoms in total. The van der Waals surface area contributed by atoms with Crippen molar-refractivity contribution in [1.82, 2.24) is 10.3 Å². The van der Waals surface area contributed by atoms with Crippen molar-refractivity contribution < 1.29 is 4.79 Å². The molecule has 1 aromatic heterocycles. The Bertz CT molecular complexity index is 754. The summed E-state index contributed by atoms with van der Waals surface area (Å²) in [6.45, 7) is 8.17. The third kappa shape index (κ3) is 3.97. The SMILES string of the molecule is CC(C)C(C)NC(=O)C1CCN(c2ccnc3c(Br)cccc23)CC1. The van der Waals surface area contributed by atoms with Crippen LogP contribution in [-0.2, 0) is 4.79 Å². The predicted molar refractivity (Wildman–Crippen MR) is 107 cm³/mol. The molecule has 2 aromatic rings.